The van der Waals surface area contributed by atoms with Crippen molar-refractivity contribution in [1.29, 1.82) is 0 Å². The number of thiazole rings is 2. The molecular formula is C40H49N7O6S2. The predicted molar refractivity (Wildman–Crippen MR) is 213 cm³/mol. The van der Waals surface area contributed by atoms with Gasteiger partial charge >= 0.3 is 12.1 Å². The fourth-order valence-electron chi connectivity index (χ4n) is 6.05. The van der Waals surface area contributed by atoms with E-state index in [1.54, 1.807) is 30.1 Å². The van der Waals surface area contributed by atoms with Crippen LogP contribution in [0.3, 0.4) is 0 Å². The second kappa shape index (κ2) is 20.3. The minimum atomic E-state index is -1.02. The van der Waals surface area contributed by atoms with Crippen LogP contribution in [0.25, 0.3) is 0 Å². The van der Waals surface area contributed by atoms with Crippen LogP contribution in [0, 0.1) is 0 Å². The molecule has 0 aliphatic carbocycles. The normalized spacial score (nSPS) is 12.8. The van der Waals surface area contributed by atoms with Crippen LogP contribution in [-0.2, 0) is 42.1 Å². The molecule has 2 aromatic carbocycles. The number of aromatic hydroxyl groups is 2. The van der Waals surface area contributed by atoms with Crippen molar-refractivity contribution < 1.29 is 29.3 Å². The zero-order valence-corrected chi connectivity index (χ0v) is 32.9. The quantitative estimate of drug-likeness (QED) is 0.0625. The average Bonchev–Trinajstić information content (AvgIpc) is 3.94. The second-order valence-electron chi connectivity index (χ2n) is 13.7. The van der Waals surface area contributed by atoms with Crippen LogP contribution in [0.2, 0.25) is 0 Å². The Morgan fingerprint density at radius 2 is 1.45 bits per heavy atom. The maximum Gasteiger partial charge on any atom is 0.407 e. The summed E-state index contributed by atoms with van der Waals surface area (Å²) in [4.78, 5) is 51.7. The zero-order valence-electron chi connectivity index (χ0n) is 31.3. The van der Waals surface area contributed by atoms with Gasteiger partial charge in [-0.25, -0.2) is 14.6 Å². The number of hydrogen-bond acceptors (Lipinski definition) is 10. The number of nitrogens with zero attached hydrogens (tertiary/aromatic N) is 4. The maximum atomic E-state index is 14.2. The van der Waals surface area contributed by atoms with E-state index in [-0.39, 0.29) is 55.9 Å². The van der Waals surface area contributed by atoms with E-state index < -0.39 is 24.1 Å². The molecule has 55 heavy (non-hydrogen) atoms. The molecule has 15 heteroatoms. The lowest BCUT2D eigenvalue weighted by molar-refractivity contribution is -0.124. The van der Waals surface area contributed by atoms with Gasteiger partial charge in [0.2, 0.25) is 5.91 Å². The number of alkyl carbamates (subject to hydrolysis) is 1. The number of carbonyl (C=O) groups excluding carboxylic acids is 3. The highest BCUT2D eigenvalue weighted by atomic mass is 32.1. The van der Waals surface area contributed by atoms with Gasteiger partial charge in [0.05, 0.1) is 27.6 Å². The summed E-state index contributed by atoms with van der Waals surface area (Å²) in [6, 6.07) is 20.2. The van der Waals surface area contributed by atoms with E-state index in [0.29, 0.717) is 25.7 Å². The van der Waals surface area contributed by atoms with Crippen molar-refractivity contribution in [2.45, 2.75) is 89.7 Å². The standard InChI is InChI=1S/C40H49N7O6S2/c1-27(2)38-43-32(25-54-38)23-46(3)39(51)45-34(18-19-47-35(48)16-17-36(47)49)37(50)42-30(20-28-10-6-4-7-11-28)14-15-31(21-29-12-8-5-9-13-29)44-40(52)53-24-33-22-41-26-55-33/h4-13,16-17,22,25-27,30-31,34,48-49H,14-15,18-21,23-24H2,1-3H3,(H,42,50)(H,44,52)(H,45,51). The Bertz CT molecular complexity index is 1920. The summed E-state index contributed by atoms with van der Waals surface area (Å²) < 4.78 is 6.77. The molecule has 0 bridgehead atoms. The second-order valence-corrected chi connectivity index (χ2v) is 15.6. The summed E-state index contributed by atoms with van der Waals surface area (Å²) in [7, 11) is 1.64. The number of nitrogens with one attached hydrogen (secondary N) is 3. The summed E-state index contributed by atoms with van der Waals surface area (Å²) in [6.45, 7) is 4.56. The Labute approximate surface area is 329 Å². The van der Waals surface area contributed by atoms with Gasteiger partial charge in [-0.15, -0.1) is 22.7 Å². The number of aromatic nitrogens is 3. The SMILES string of the molecule is CC(C)c1nc(CN(C)C(=O)NC(CCn2c(O)ccc2O)C(=O)NC(CCC(Cc2ccccc2)NC(=O)OCc2cncs2)Cc2ccccc2)cs1. The van der Waals surface area contributed by atoms with Crippen molar-refractivity contribution in [2.24, 2.45) is 0 Å². The monoisotopic (exact) mass is 787 g/mol. The Kier molecular flexibility index (Phi) is 15.1. The smallest absolute Gasteiger partial charge is 0.407 e. The molecule has 3 aromatic heterocycles. The molecule has 0 radical (unpaired) electrons. The van der Waals surface area contributed by atoms with Crippen molar-refractivity contribution in [3.8, 4) is 11.8 Å². The van der Waals surface area contributed by atoms with Gasteiger partial charge in [-0.2, -0.15) is 0 Å². The van der Waals surface area contributed by atoms with E-state index >= 15 is 0 Å². The first-order valence-corrected chi connectivity index (χ1v) is 20.0. The molecule has 0 aliphatic heterocycles. The van der Waals surface area contributed by atoms with Gasteiger partial charge in [0.15, 0.2) is 11.8 Å². The number of rotatable bonds is 19. The molecule has 5 N–H and O–H groups in total. The predicted octanol–water partition coefficient (Wildman–Crippen LogP) is 6.58. The van der Waals surface area contributed by atoms with E-state index in [4.69, 9.17) is 4.74 Å². The highest BCUT2D eigenvalue weighted by molar-refractivity contribution is 7.09. The van der Waals surface area contributed by atoms with Crippen molar-refractivity contribution >= 4 is 40.7 Å². The zero-order chi connectivity index (χ0) is 39.2. The third kappa shape index (κ3) is 12.9. The molecule has 0 saturated carbocycles. The number of carbonyl (C=O) groups is 3. The summed E-state index contributed by atoms with van der Waals surface area (Å²) in [5.74, 6) is -0.465. The van der Waals surface area contributed by atoms with Crippen molar-refractivity contribution in [3.05, 3.63) is 117 Å². The minimum Gasteiger partial charge on any atom is -0.494 e. The van der Waals surface area contributed by atoms with E-state index in [1.165, 1.54) is 32.9 Å². The van der Waals surface area contributed by atoms with Crippen LogP contribution in [0.5, 0.6) is 11.8 Å². The molecule has 13 nitrogen and oxygen atoms in total. The van der Waals surface area contributed by atoms with Crippen LogP contribution in [0.15, 0.2) is 89.9 Å². The van der Waals surface area contributed by atoms with Gasteiger partial charge in [0.25, 0.3) is 0 Å². The van der Waals surface area contributed by atoms with Gasteiger partial charge in [0.1, 0.15) is 12.6 Å². The Morgan fingerprint density at radius 3 is 2.02 bits per heavy atom. The molecular weight excluding hydrogens is 739 g/mol. The van der Waals surface area contributed by atoms with Crippen LogP contribution in [-0.4, -0.2) is 72.9 Å². The third-order valence-corrected chi connectivity index (χ3v) is 11.0. The summed E-state index contributed by atoms with van der Waals surface area (Å²) in [5, 5.41) is 32.6. The largest absolute Gasteiger partial charge is 0.494 e. The van der Waals surface area contributed by atoms with Gasteiger partial charge in [-0.1, -0.05) is 74.5 Å². The van der Waals surface area contributed by atoms with Gasteiger partial charge in [-0.3, -0.25) is 14.3 Å². The summed E-state index contributed by atoms with van der Waals surface area (Å²) in [6.07, 6.45) is 3.26. The first kappa shape index (κ1) is 40.8. The molecule has 5 aromatic rings. The van der Waals surface area contributed by atoms with Crippen LogP contribution >= 0.6 is 22.7 Å². The fourth-order valence-corrected chi connectivity index (χ4v) is 7.38. The topological polar surface area (TPSA) is 171 Å². The number of benzene rings is 2. The number of hydrogen-bond donors (Lipinski definition) is 5. The molecule has 0 saturated heterocycles. The minimum absolute atomic E-state index is 0.0622. The highest BCUT2D eigenvalue weighted by Crippen LogP contribution is 2.23. The molecule has 292 valence electrons. The van der Waals surface area contributed by atoms with E-state index in [0.717, 1.165) is 26.7 Å². The van der Waals surface area contributed by atoms with Crippen molar-refractivity contribution in [3.63, 3.8) is 0 Å². The van der Waals surface area contributed by atoms with Crippen molar-refractivity contribution in [2.75, 3.05) is 7.05 Å². The first-order valence-electron chi connectivity index (χ1n) is 18.3. The number of ether oxygens (including phenoxy) is 1. The van der Waals surface area contributed by atoms with Gasteiger partial charge in [0, 0.05) is 55.3 Å². The molecule has 0 spiro atoms. The van der Waals surface area contributed by atoms with Crippen molar-refractivity contribution in [1.82, 2.24) is 35.4 Å². The number of urea groups is 1. The molecule has 0 aliphatic rings. The highest BCUT2D eigenvalue weighted by Gasteiger charge is 2.27. The number of amides is 4. The lowest BCUT2D eigenvalue weighted by Gasteiger charge is -2.27. The average molecular weight is 788 g/mol. The van der Waals surface area contributed by atoms with Gasteiger partial charge in [-0.05, 0) is 43.2 Å². The lowest BCUT2D eigenvalue weighted by atomic mass is 9.95. The van der Waals surface area contributed by atoms with E-state index in [1.807, 2.05) is 66.0 Å². The summed E-state index contributed by atoms with van der Waals surface area (Å²) in [5.41, 5.74) is 4.49. The molecule has 5 rings (SSSR count). The van der Waals surface area contributed by atoms with Crippen LogP contribution in [0.1, 0.15) is 65.7 Å². The Morgan fingerprint density at radius 1 is 0.836 bits per heavy atom. The Balaban J connectivity index is 1.31. The van der Waals surface area contributed by atoms with Gasteiger partial charge < -0.3 is 35.8 Å². The third-order valence-electron chi connectivity index (χ3n) is 9.01. The van der Waals surface area contributed by atoms with E-state index in [2.05, 4.69) is 39.8 Å². The molecule has 4 amide bonds. The lowest BCUT2D eigenvalue weighted by Crippen LogP contribution is -2.53. The fraction of sp³-hybridized carbons (Fsp3) is 0.375. The summed E-state index contributed by atoms with van der Waals surface area (Å²) >= 11 is 2.95. The molecule has 3 heterocycles. The van der Waals surface area contributed by atoms with Crippen LogP contribution < -0.4 is 16.0 Å². The molecule has 3 atom stereocenters. The van der Waals surface area contributed by atoms with Crippen LogP contribution in [0.4, 0.5) is 9.59 Å². The Hall–Kier alpha value is -5.41. The maximum absolute atomic E-state index is 14.2. The van der Waals surface area contributed by atoms with E-state index in [9.17, 15) is 24.6 Å². The first-order chi connectivity index (χ1) is 26.5. The molecule has 3 unspecified atom stereocenters. The molecule has 0 fully saturated rings.